The average molecular weight is 462 g/mol. The standard InChI is InChI=1S/C23H32ClN5OS/c1-17-7-3-4-8-20(17)25-22(30)16-31-23-27-26-21(15-28-13-5-2-6-14-28)29(23)19-11-9-18(24)10-12-19/h9-12,17,20H,2-8,13-16H2,1H3,(H,25,30)/t17-,20+/m0/s1. The molecule has 2 heterocycles. The Morgan fingerprint density at radius 2 is 1.84 bits per heavy atom. The summed E-state index contributed by atoms with van der Waals surface area (Å²) in [6.07, 6.45) is 8.52. The van der Waals surface area contributed by atoms with Gasteiger partial charge < -0.3 is 5.32 Å². The first-order valence-corrected chi connectivity index (χ1v) is 12.8. The molecule has 2 aromatic rings. The lowest BCUT2D eigenvalue weighted by Crippen LogP contribution is -2.41. The molecular formula is C23H32ClN5OS. The minimum Gasteiger partial charge on any atom is -0.352 e. The summed E-state index contributed by atoms with van der Waals surface area (Å²) in [7, 11) is 0. The topological polar surface area (TPSA) is 63.1 Å². The highest BCUT2D eigenvalue weighted by Crippen LogP contribution is 2.26. The second-order valence-corrected chi connectivity index (χ2v) is 10.2. The minimum atomic E-state index is 0.0759. The normalized spacial score (nSPS) is 22.4. The van der Waals surface area contributed by atoms with Crippen molar-refractivity contribution in [1.29, 1.82) is 0 Å². The van der Waals surface area contributed by atoms with Gasteiger partial charge in [0.2, 0.25) is 5.91 Å². The Balaban J connectivity index is 1.47. The van der Waals surface area contributed by atoms with Gasteiger partial charge in [0.15, 0.2) is 11.0 Å². The third kappa shape index (κ3) is 6.02. The summed E-state index contributed by atoms with van der Waals surface area (Å²) < 4.78 is 2.08. The van der Waals surface area contributed by atoms with E-state index < -0.39 is 0 Å². The summed E-state index contributed by atoms with van der Waals surface area (Å²) >= 11 is 7.56. The lowest BCUT2D eigenvalue weighted by molar-refractivity contribution is -0.119. The van der Waals surface area contributed by atoms with Crippen LogP contribution in [-0.2, 0) is 11.3 Å². The molecule has 2 fully saturated rings. The van der Waals surface area contributed by atoms with Crippen molar-refractivity contribution in [3.63, 3.8) is 0 Å². The number of nitrogens with one attached hydrogen (secondary N) is 1. The fraction of sp³-hybridized carbons (Fsp3) is 0.609. The van der Waals surface area contributed by atoms with Crippen LogP contribution >= 0.6 is 23.4 Å². The molecule has 0 unspecified atom stereocenters. The monoisotopic (exact) mass is 461 g/mol. The number of likely N-dealkylation sites (tertiary alicyclic amines) is 1. The molecule has 4 rings (SSSR count). The van der Waals surface area contributed by atoms with Gasteiger partial charge in [-0.05, 0) is 69.0 Å². The summed E-state index contributed by atoms with van der Waals surface area (Å²) in [4.78, 5) is 15.1. The third-order valence-corrected chi connectivity index (χ3v) is 7.57. The van der Waals surface area contributed by atoms with Crippen LogP contribution in [0.2, 0.25) is 5.02 Å². The Bertz CT molecular complexity index is 865. The maximum absolute atomic E-state index is 12.6. The van der Waals surface area contributed by atoms with Crippen molar-refractivity contribution in [2.45, 2.75) is 69.6 Å². The highest BCUT2D eigenvalue weighted by atomic mass is 35.5. The van der Waals surface area contributed by atoms with E-state index in [4.69, 9.17) is 11.6 Å². The number of amides is 1. The van der Waals surface area contributed by atoms with E-state index in [1.807, 2.05) is 24.3 Å². The molecule has 2 atom stereocenters. The molecule has 6 nitrogen and oxygen atoms in total. The highest BCUT2D eigenvalue weighted by molar-refractivity contribution is 7.99. The summed E-state index contributed by atoms with van der Waals surface area (Å²) in [5.74, 6) is 1.88. The van der Waals surface area contributed by atoms with Gasteiger partial charge in [-0.2, -0.15) is 0 Å². The predicted octanol–water partition coefficient (Wildman–Crippen LogP) is 4.69. The van der Waals surface area contributed by atoms with E-state index in [1.165, 1.54) is 50.3 Å². The van der Waals surface area contributed by atoms with Crippen molar-refractivity contribution in [3.8, 4) is 5.69 Å². The van der Waals surface area contributed by atoms with Gasteiger partial charge in [0, 0.05) is 16.8 Å². The van der Waals surface area contributed by atoms with E-state index in [0.717, 1.165) is 42.7 Å². The molecule has 1 aromatic heterocycles. The van der Waals surface area contributed by atoms with Crippen LogP contribution in [0.5, 0.6) is 0 Å². The van der Waals surface area contributed by atoms with E-state index in [2.05, 4.69) is 31.9 Å². The summed E-state index contributed by atoms with van der Waals surface area (Å²) in [6.45, 7) is 5.19. The van der Waals surface area contributed by atoms with Crippen molar-refractivity contribution >= 4 is 29.3 Å². The molecular weight excluding hydrogens is 430 g/mol. The Hall–Kier alpha value is -1.57. The van der Waals surface area contributed by atoms with Crippen LogP contribution in [0.25, 0.3) is 5.69 Å². The SMILES string of the molecule is C[C@H]1CCCC[C@H]1NC(=O)CSc1nnc(CN2CCCCC2)n1-c1ccc(Cl)cc1. The second-order valence-electron chi connectivity index (χ2n) is 8.77. The first-order chi connectivity index (χ1) is 15.1. The van der Waals surface area contributed by atoms with Crippen molar-refractivity contribution in [3.05, 3.63) is 35.1 Å². The lowest BCUT2D eigenvalue weighted by Gasteiger charge is -2.29. The van der Waals surface area contributed by atoms with Gasteiger partial charge in [-0.15, -0.1) is 10.2 Å². The molecule has 1 aromatic carbocycles. The van der Waals surface area contributed by atoms with Gasteiger partial charge in [-0.1, -0.05) is 49.5 Å². The molecule has 0 radical (unpaired) electrons. The van der Waals surface area contributed by atoms with Crippen molar-refractivity contribution < 1.29 is 4.79 Å². The fourth-order valence-electron chi connectivity index (χ4n) is 4.57. The van der Waals surface area contributed by atoms with Crippen LogP contribution in [0.15, 0.2) is 29.4 Å². The van der Waals surface area contributed by atoms with Crippen LogP contribution in [0.3, 0.4) is 0 Å². The zero-order valence-corrected chi connectivity index (χ0v) is 19.8. The third-order valence-electron chi connectivity index (χ3n) is 6.39. The predicted molar refractivity (Wildman–Crippen MR) is 126 cm³/mol. The van der Waals surface area contributed by atoms with Gasteiger partial charge in [0.1, 0.15) is 0 Å². The first-order valence-electron chi connectivity index (χ1n) is 11.4. The number of carbonyl (C=O) groups is 1. The molecule has 1 aliphatic heterocycles. The molecule has 168 valence electrons. The van der Waals surface area contributed by atoms with Crippen molar-refractivity contribution in [1.82, 2.24) is 25.0 Å². The number of rotatable bonds is 7. The Kier molecular flexibility index (Phi) is 7.91. The molecule has 0 bridgehead atoms. The zero-order valence-electron chi connectivity index (χ0n) is 18.2. The van der Waals surface area contributed by atoms with Crippen molar-refractivity contribution in [2.75, 3.05) is 18.8 Å². The van der Waals surface area contributed by atoms with E-state index >= 15 is 0 Å². The van der Waals surface area contributed by atoms with E-state index in [1.54, 1.807) is 0 Å². The Morgan fingerprint density at radius 1 is 1.10 bits per heavy atom. The molecule has 1 amide bonds. The maximum atomic E-state index is 12.6. The fourth-order valence-corrected chi connectivity index (χ4v) is 5.48. The number of thioether (sulfide) groups is 1. The number of hydrogen-bond donors (Lipinski definition) is 1. The van der Waals surface area contributed by atoms with Gasteiger partial charge >= 0.3 is 0 Å². The summed E-state index contributed by atoms with van der Waals surface area (Å²) in [5, 5.41) is 13.6. The first kappa shape index (κ1) is 22.6. The molecule has 1 saturated heterocycles. The molecule has 2 aliphatic rings. The smallest absolute Gasteiger partial charge is 0.230 e. The Labute approximate surface area is 194 Å². The number of aromatic nitrogens is 3. The highest BCUT2D eigenvalue weighted by Gasteiger charge is 2.24. The van der Waals surface area contributed by atoms with Gasteiger partial charge in [0.05, 0.1) is 12.3 Å². The van der Waals surface area contributed by atoms with Crippen LogP contribution in [0, 0.1) is 5.92 Å². The molecule has 1 N–H and O–H groups in total. The number of nitrogens with zero attached hydrogens (tertiary/aromatic N) is 4. The summed E-state index contributed by atoms with van der Waals surface area (Å²) in [5.41, 5.74) is 0.977. The largest absolute Gasteiger partial charge is 0.352 e. The number of carbonyl (C=O) groups excluding carboxylic acids is 1. The van der Waals surface area contributed by atoms with Crippen LogP contribution in [-0.4, -0.2) is 50.5 Å². The maximum Gasteiger partial charge on any atom is 0.230 e. The summed E-state index contributed by atoms with van der Waals surface area (Å²) in [6, 6.07) is 8.03. The molecule has 1 aliphatic carbocycles. The quantitative estimate of drug-likeness (QED) is 0.606. The average Bonchev–Trinajstić information content (AvgIpc) is 3.17. The Morgan fingerprint density at radius 3 is 2.58 bits per heavy atom. The van der Waals surface area contributed by atoms with Crippen molar-refractivity contribution in [2.24, 2.45) is 5.92 Å². The van der Waals surface area contributed by atoms with Crippen LogP contribution in [0.1, 0.15) is 57.7 Å². The molecule has 1 saturated carbocycles. The van der Waals surface area contributed by atoms with Gasteiger partial charge in [0.25, 0.3) is 0 Å². The van der Waals surface area contributed by atoms with E-state index in [0.29, 0.717) is 22.7 Å². The van der Waals surface area contributed by atoms with E-state index in [-0.39, 0.29) is 5.91 Å². The number of halogens is 1. The molecule has 8 heteroatoms. The number of piperidine rings is 1. The molecule has 0 spiro atoms. The van der Waals surface area contributed by atoms with E-state index in [9.17, 15) is 4.79 Å². The lowest BCUT2D eigenvalue weighted by atomic mass is 9.86. The minimum absolute atomic E-state index is 0.0759. The number of hydrogen-bond acceptors (Lipinski definition) is 5. The van der Waals surface area contributed by atoms with Crippen LogP contribution < -0.4 is 5.32 Å². The zero-order chi connectivity index (χ0) is 21.6. The van der Waals surface area contributed by atoms with Gasteiger partial charge in [-0.3, -0.25) is 14.3 Å². The number of benzene rings is 1. The second kappa shape index (κ2) is 10.8. The van der Waals surface area contributed by atoms with Gasteiger partial charge in [-0.25, -0.2) is 0 Å². The molecule has 31 heavy (non-hydrogen) atoms. The van der Waals surface area contributed by atoms with Crippen LogP contribution in [0.4, 0.5) is 0 Å².